The van der Waals surface area contributed by atoms with Gasteiger partial charge in [-0.1, -0.05) is 256 Å². The average molecular weight is 1040 g/mol. The van der Waals surface area contributed by atoms with Gasteiger partial charge in [0.15, 0.2) is 6.10 Å². The van der Waals surface area contributed by atoms with Gasteiger partial charge in [0.25, 0.3) is 0 Å². The van der Waals surface area contributed by atoms with Gasteiger partial charge in [0.05, 0.1) is 0 Å². The van der Waals surface area contributed by atoms with Crippen LogP contribution < -0.4 is 0 Å². The second-order valence-corrected chi connectivity index (χ2v) is 19.5. The third-order valence-corrected chi connectivity index (χ3v) is 12.3. The van der Waals surface area contributed by atoms with Crippen LogP contribution in [-0.2, 0) is 28.6 Å². The third-order valence-electron chi connectivity index (χ3n) is 12.3. The quantitative estimate of drug-likeness (QED) is 0.0261. The lowest BCUT2D eigenvalue weighted by Crippen LogP contribution is -2.30. The van der Waals surface area contributed by atoms with Gasteiger partial charge in [-0.15, -0.1) is 0 Å². The molecular weight excluding hydrogens is 925 g/mol. The molecule has 0 radical (unpaired) electrons. The summed E-state index contributed by atoms with van der Waals surface area (Å²) in [6, 6.07) is 0. The molecule has 0 heterocycles. The lowest BCUT2D eigenvalue weighted by atomic mass is 10.1. The number of rotatable bonds is 53. The molecule has 6 nitrogen and oxygen atoms in total. The predicted octanol–water partition coefficient (Wildman–Crippen LogP) is 20.8. The molecule has 0 aromatic rings. The molecule has 0 fully saturated rings. The number of ether oxygens (including phenoxy) is 3. The Labute approximate surface area is 461 Å². The molecule has 1 atom stereocenters. The number of carbonyl (C=O) groups excluding carboxylic acids is 3. The number of hydrogen-bond acceptors (Lipinski definition) is 6. The summed E-state index contributed by atoms with van der Waals surface area (Å²) >= 11 is 0. The van der Waals surface area contributed by atoms with Gasteiger partial charge in [-0.2, -0.15) is 0 Å². The van der Waals surface area contributed by atoms with Crippen molar-refractivity contribution in [2.45, 2.75) is 258 Å². The smallest absolute Gasteiger partial charge is 0.306 e. The lowest BCUT2D eigenvalue weighted by Gasteiger charge is -2.18. The maximum atomic E-state index is 12.9. The van der Waals surface area contributed by atoms with Crippen LogP contribution in [0.3, 0.4) is 0 Å². The summed E-state index contributed by atoms with van der Waals surface area (Å²) in [4.78, 5) is 38.0. The van der Waals surface area contributed by atoms with Gasteiger partial charge in [0.2, 0.25) is 0 Å². The van der Waals surface area contributed by atoms with Crippen LogP contribution in [0.4, 0.5) is 0 Å². The number of esters is 3. The van der Waals surface area contributed by atoms with E-state index in [1.165, 1.54) is 64.2 Å². The zero-order valence-corrected chi connectivity index (χ0v) is 48.3. The maximum Gasteiger partial charge on any atom is 0.306 e. The van der Waals surface area contributed by atoms with E-state index in [0.717, 1.165) is 148 Å². The Balaban J connectivity index is 4.29. The Morgan fingerprint density at radius 3 is 0.827 bits per heavy atom. The topological polar surface area (TPSA) is 78.9 Å². The van der Waals surface area contributed by atoms with E-state index in [-0.39, 0.29) is 31.1 Å². The Morgan fingerprint density at radius 2 is 0.520 bits per heavy atom. The first kappa shape index (κ1) is 70.3. The molecule has 0 spiro atoms. The first-order valence-electron chi connectivity index (χ1n) is 30.3. The summed E-state index contributed by atoms with van der Waals surface area (Å²) in [5.41, 5.74) is 0. The van der Waals surface area contributed by atoms with Crippen molar-refractivity contribution in [3.8, 4) is 0 Å². The van der Waals surface area contributed by atoms with E-state index in [4.69, 9.17) is 14.2 Å². The van der Waals surface area contributed by atoms with Gasteiger partial charge in [-0.25, -0.2) is 0 Å². The highest BCUT2D eigenvalue weighted by Crippen LogP contribution is 2.14. The van der Waals surface area contributed by atoms with Gasteiger partial charge in [0, 0.05) is 19.3 Å². The van der Waals surface area contributed by atoms with E-state index in [9.17, 15) is 14.4 Å². The molecule has 422 valence electrons. The van der Waals surface area contributed by atoms with Crippen LogP contribution in [0.1, 0.15) is 252 Å². The minimum Gasteiger partial charge on any atom is -0.462 e. The molecule has 0 aromatic heterocycles. The molecule has 0 saturated carbocycles. The zero-order chi connectivity index (χ0) is 54.3. The Bertz CT molecular complexity index is 1660. The molecule has 0 amide bonds. The summed E-state index contributed by atoms with van der Waals surface area (Å²) in [5.74, 6) is -0.947. The Morgan fingerprint density at radius 1 is 0.280 bits per heavy atom. The highest BCUT2D eigenvalue weighted by atomic mass is 16.6. The monoisotopic (exact) mass is 1030 g/mol. The summed E-state index contributed by atoms with van der Waals surface area (Å²) in [5, 5.41) is 0. The fraction of sp³-hybridized carbons (Fsp3) is 0.609. The van der Waals surface area contributed by atoms with Crippen LogP contribution >= 0.6 is 0 Å². The molecule has 1 unspecified atom stereocenters. The number of unbranched alkanes of at least 4 members (excludes halogenated alkanes) is 18. The zero-order valence-electron chi connectivity index (χ0n) is 48.3. The Kier molecular flexibility index (Phi) is 58.0. The molecule has 0 aliphatic rings. The van der Waals surface area contributed by atoms with Gasteiger partial charge in [-0.3, -0.25) is 14.4 Å². The molecule has 0 aromatic carbocycles. The molecule has 0 N–H and O–H groups in total. The molecule has 75 heavy (non-hydrogen) atoms. The summed E-state index contributed by atoms with van der Waals surface area (Å²) in [6.45, 7) is 6.33. The SMILES string of the molecule is CC/C=C\C/C=C\C/C=C\C/C=C\C/C=C\C/C=C\C/C=C\CCCCCC(=O)OCC(COC(=O)CCCCCCCCC)OC(=O)CCCCCCCCCCC/C=C\C/C=C\C/C=C\C/C=C\C/C=C\CC. The van der Waals surface area contributed by atoms with Crippen molar-refractivity contribution in [2.24, 2.45) is 0 Å². The lowest BCUT2D eigenvalue weighted by molar-refractivity contribution is -0.167. The predicted molar refractivity (Wildman–Crippen MR) is 325 cm³/mol. The fourth-order valence-corrected chi connectivity index (χ4v) is 7.86. The summed E-state index contributed by atoms with van der Waals surface area (Å²) in [7, 11) is 0. The van der Waals surface area contributed by atoms with E-state index < -0.39 is 6.10 Å². The first-order valence-corrected chi connectivity index (χ1v) is 30.3. The van der Waals surface area contributed by atoms with Crippen molar-refractivity contribution in [3.63, 3.8) is 0 Å². The first-order chi connectivity index (χ1) is 37.0. The normalized spacial score (nSPS) is 13.2. The largest absolute Gasteiger partial charge is 0.462 e. The Hall–Kier alpha value is -4.71. The van der Waals surface area contributed by atoms with Gasteiger partial charge in [0.1, 0.15) is 13.2 Å². The summed E-state index contributed by atoms with van der Waals surface area (Å²) < 4.78 is 16.8. The summed E-state index contributed by atoms with van der Waals surface area (Å²) in [6.07, 6.45) is 88.6. The number of allylic oxidation sites excluding steroid dienone is 24. The van der Waals surface area contributed by atoms with Crippen molar-refractivity contribution < 1.29 is 28.6 Å². The van der Waals surface area contributed by atoms with E-state index >= 15 is 0 Å². The molecule has 0 saturated heterocycles. The van der Waals surface area contributed by atoms with Crippen molar-refractivity contribution in [1.29, 1.82) is 0 Å². The molecule has 0 aliphatic heterocycles. The van der Waals surface area contributed by atoms with E-state index in [1.54, 1.807) is 0 Å². The fourth-order valence-electron chi connectivity index (χ4n) is 7.86. The van der Waals surface area contributed by atoms with E-state index in [1.807, 2.05) is 0 Å². The minimum absolute atomic E-state index is 0.0957. The third kappa shape index (κ3) is 60.0. The van der Waals surface area contributed by atoms with E-state index in [2.05, 4.69) is 167 Å². The van der Waals surface area contributed by atoms with E-state index in [0.29, 0.717) is 19.3 Å². The van der Waals surface area contributed by atoms with Gasteiger partial charge >= 0.3 is 17.9 Å². The van der Waals surface area contributed by atoms with Crippen LogP contribution in [0.15, 0.2) is 146 Å². The minimum atomic E-state index is -0.799. The van der Waals surface area contributed by atoms with Gasteiger partial charge < -0.3 is 14.2 Å². The molecule has 6 heteroatoms. The highest BCUT2D eigenvalue weighted by Gasteiger charge is 2.19. The second kappa shape index (κ2) is 61.8. The highest BCUT2D eigenvalue weighted by molar-refractivity contribution is 5.71. The van der Waals surface area contributed by atoms with Crippen LogP contribution in [0.25, 0.3) is 0 Å². The van der Waals surface area contributed by atoms with Crippen molar-refractivity contribution in [1.82, 2.24) is 0 Å². The average Bonchev–Trinajstić information content (AvgIpc) is 3.41. The van der Waals surface area contributed by atoms with Crippen molar-refractivity contribution in [2.75, 3.05) is 13.2 Å². The molecule has 0 aliphatic carbocycles. The molecule has 0 bridgehead atoms. The van der Waals surface area contributed by atoms with Crippen molar-refractivity contribution >= 4 is 17.9 Å². The van der Waals surface area contributed by atoms with Gasteiger partial charge in [-0.05, 0) is 122 Å². The van der Waals surface area contributed by atoms with Crippen LogP contribution in [0, 0.1) is 0 Å². The second-order valence-electron chi connectivity index (χ2n) is 19.5. The van der Waals surface area contributed by atoms with Crippen molar-refractivity contribution in [3.05, 3.63) is 146 Å². The standard InChI is InChI=1S/C69H110O6/c1-4-7-10-13-16-18-20-22-24-26-28-30-32-34-36-38-40-42-44-46-48-50-53-56-59-62-68(71)74-65-66(64-73-67(70)61-58-55-52-15-12-9-6-3)75-69(72)63-60-57-54-51-49-47-45-43-41-39-37-35-33-31-29-27-25-23-21-19-17-14-11-8-5-2/h7-8,10-11,16-19,22-25,28-31,34-37,40,42,46,48,66H,4-6,9,12-15,20-21,26-27,32-33,38-39,41,43-45,47,49-65H2,1-3H3/b10-7-,11-8-,18-16-,19-17-,24-22-,25-23-,30-28-,31-29-,36-34-,37-35-,42-40-,48-46-. The van der Waals surface area contributed by atoms with Crippen LogP contribution in [0.5, 0.6) is 0 Å². The van der Waals surface area contributed by atoms with Crippen LogP contribution in [0.2, 0.25) is 0 Å². The molecular formula is C69H110O6. The van der Waals surface area contributed by atoms with Crippen LogP contribution in [-0.4, -0.2) is 37.2 Å². The molecule has 0 rings (SSSR count). The maximum absolute atomic E-state index is 12.9. The number of carbonyl (C=O) groups is 3. The number of hydrogen-bond donors (Lipinski definition) is 0.